The van der Waals surface area contributed by atoms with Crippen molar-refractivity contribution in [2.24, 2.45) is 5.73 Å². The van der Waals surface area contributed by atoms with E-state index < -0.39 is 11.9 Å². The molecule has 0 saturated carbocycles. The Kier molecular flexibility index (Phi) is 2.78. The van der Waals surface area contributed by atoms with Gasteiger partial charge < -0.3 is 11.1 Å². The van der Waals surface area contributed by atoms with Crippen LogP contribution in [0.1, 0.15) is 15.9 Å². The summed E-state index contributed by atoms with van der Waals surface area (Å²) in [6, 6.07) is -0.455. The summed E-state index contributed by atoms with van der Waals surface area (Å²) in [7, 11) is 1.69. The van der Waals surface area contributed by atoms with E-state index in [2.05, 4.69) is 10.3 Å². The van der Waals surface area contributed by atoms with Gasteiger partial charge in [0.15, 0.2) is 0 Å². The number of likely N-dealkylation sites (N-methyl/N-ethyl adjacent to an activating group) is 1. The van der Waals surface area contributed by atoms with E-state index in [1.54, 1.807) is 13.2 Å². The van der Waals surface area contributed by atoms with Gasteiger partial charge >= 0.3 is 0 Å². The van der Waals surface area contributed by atoms with Crippen molar-refractivity contribution >= 4 is 17.2 Å². The molecular weight excluding hydrogens is 174 g/mol. The Morgan fingerprint density at radius 3 is 2.83 bits per heavy atom. The minimum Gasteiger partial charge on any atom is -0.368 e. The lowest BCUT2D eigenvalue weighted by molar-refractivity contribution is -0.120. The molecule has 0 aliphatic carbocycles. The molecule has 1 aromatic rings. The summed E-state index contributed by atoms with van der Waals surface area (Å²) in [5, 5.41) is 3.53. The second-order valence-corrected chi connectivity index (χ2v) is 3.70. The number of amides is 1. The van der Waals surface area contributed by atoms with Crippen molar-refractivity contribution in [2.45, 2.75) is 13.0 Å². The highest BCUT2D eigenvalue weighted by Gasteiger charge is 2.17. The molecule has 0 fully saturated rings. The predicted octanol–water partition coefficient (Wildman–Crippen LogP) is 0.197. The van der Waals surface area contributed by atoms with Crippen molar-refractivity contribution < 1.29 is 4.79 Å². The third-order valence-electron chi connectivity index (χ3n) is 1.46. The van der Waals surface area contributed by atoms with Crippen molar-refractivity contribution in [3.63, 3.8) is 0 Å². The third-order valence-corrected chi connectivity index (χ3v) is 2.44. The first-order valence-corrected chi connectivity index (χ1v) is 4.35. The number of nitrogens with one attached hydrogen (secondary N) is 1. The summed E-state index contributed by atoms with van der Waals surface area (Å²) in [6.45, 7) is 1.94. The number of aromatic nitrogens is 1. The molecule has 5 heteroatoms. The van der Waals surface area contributed by atoms with Crippen LogP contribution in [0.15, 0.2) is 6.20 Å². The van der Waals surface area contributed by atoms with Crippen molar-refractivity contribution in [1.82, 2.24) is 10.3 Å². The Morgan fingerprint density at radius 2 is 2.50 bits per heavy atom. The molecular formula is C7H11N3OS. The van der Waals surface area contributed by atoms with E-state index in [0.717, 1.165) is 9.88 Å². The van der Waals surface area contributed by atoms with Crippen LogP contribution < -0.4 is 11.1 Å². The quantitative estimate of drug-likeness (QED) is 0.706. The maximum Gasteiger partial charge on any atom is 0.241 e. The Bertz CT molecular complexity index is 284. The molecule has 3 N–H and O–H groups in total. The summed E-state index contributed by atoms with van der Waals surface area (Å²) >= 11 is 1.47. The van der Waals surface area contributed by atoms with E-state index in [1.165, 1.54) is 11.3 Å². The van der Waals surface area contributed by atoms with Crippen LogP contribution in [0.3, 0.4) is 0 Å². The Labute approximate surface area is 74.8 Å². The Morgan fingerprint density at radius 1 is 1.83 bits per heavy atom. The summed E-state index contributed by atoms with van der Waals surface area (Å²) < 4.78 is 0. The number of carbonyl (C=O) groups excluding carboxylic acids is 1. The maximum atomic E-state index is 10.9. The average molecular weight is 185 g/mol. The van der Waals surface area contributed by atoms with Crippen LogP contribution in [0.5, 0.6) is 0 Å². The molecule has 0 spiro atoms. The highest BCUT2D eigenvalue weighted by atomic mass is 32.1. The topological polar surface area (TPSA) is 68.0 Å². The first kappa shape index (κ1) is 9.15. The monoisotopic (exact) mass is 185 g/mol. The minimum atomic E-state index is -0.455. The first-order chi connectivity index (χ1) is 5.65. The van der Waals surface area contributed by atoms with E-state index >= 15 is 0 Å². The molecule has 12 heavy (non-hydrogen) atoms. The molecule has 0 aliphatic rings. The number of rotatable bonds is 3. The minimum absolute atomic E-state index is 0.396. The number of aryl methyl sites for hydroxylation is 1. The second kappa shape index (κ2) is 3.64. The van der Waals surface area contributed by atoms with Gasteiger partial charge in [0.05, 0.1) is 0 Å². The number of nitrogens with two attached hydrogens (primary N) is 1. The predicted molar refractivity (Wildman–Crippen MR) is 47.8 cm³/mol. The number of carbonyl (C=O) groups is 1. The van der Waals surface area contributed by atoms with E-state index in [1.807, 2.05) is 6.92 Å². The molecule has 0 aliphatic heterocycles. The van der Waals surface area contributed by atoms with Gasteiger partial charge in [-0.3, -0.25) is 4.79 Å². The van der Waals surface area contributed by atoms with E-state index in [0.29, 0.717) is 0 Å². The highest BCUT2D eigenvalue weighted by molar-refractivity contribution is 7.11. The SMILES string of the molecule is CNC(C(N)=O)c1ncc(C)s1. The lowest BCUT2D eigenvalue weighted by atomic mass is 10.3. The van der Waals surface area contributed by atoms with E-state index in [9.17, 15) is 4.79 Å². The number of primary amides is 1. The average Bonchev–Trinajstić information content (AvgIpc) is 2.37. The molecule has 1 atom stereocenters. The van der Waals surface area contributed by atoms with Gasteiger partial charge in [-0.2, -0.15) is 0 Å². The van der Waals surface area contributed by atoms with Crippen LogP contribution in [0, 0.1) is 6.92 Å². The van der Waals surface area contributed by atoms with Gasteiger partial charge in [-0.25, -0.2) is 4.98 Å². The second-order valence-electron chi connectivity index (χ2n) is 2.43. The standard InChI is InChI=1S/C7H11N3OS/c1-4-3-10-7(12-4)5(9-2)6(8)11/h3,5,9H,1-2H3,(H2,8,11). The zero-order chi connectivity index (χ0) is 9.14. The van der Waals surface area contributed by atoms with Crippen molar-refractivity contribution in [1.29, 1.82) is 0 Å². The Hall–Kier alpha value is -0.940. The molecule has 66 valence electrons. The number of hydrogen-bond acceptors (Lipinski definition) is 4. The zero-order valence-electron chi connectivity index (χ0n) is 7.00. The van der Waals surface area contributed by atoms with Gasteiger partial charge in [0.25, 0.3) is 0 Å². The Balaban J connectivity index is 2.87. The molecule has 1 heterocycles. The normalized spacial score (nSPS) is 12.8. The molecule has 1 aromatic heterocycles. The fourth-order valence-electron chi connectivity index (χ4n) is 0.893. The van der Waals surface area contributed by atoms with Gasteiger partial charge in [0, 0.05) is 11.1 Å². The molecule has 1 unspecified atom stereocenters. The molecule has 0 bridgehead atoms. The van der Waals surface area contributed by atoms with Crippen LogP contribution >= 0.6 is 11.3 Å². The fraction of sp³-hybridized carbons (Fsp3) is 0.429. The maximum absolute atomic E-state index is 10.9. The highest BCUT2D eigenvalue weighted by Crippen LogP contribution is 2.18. The summed E-state index contributed by atoms with van der Waals surface area (Å²) in [4.78, 5) is 16.0. The van der Waals surface area contributed by atoms with Crippen LogP contribution in [0.2, 0.25) is 0 Å². The molecule has 4 nitrogen and oxygen atoms in total. The zero-order valence-corrected chi connectivity index (χ0v) is 7.81. The number of nitrogens with zero attached hydrogens (tertiary/aromatic N) is 1. The van der Waals surface area contributed by atoms with Crippen molar-refractivity contribution in [2.75, 3.05) is 7.05 Å². The van der Waals surface area contributed by atoms with Gasteiger partial charge in [-0.15, -0.1) is 11.3 Å². The van der Waals surface area contributed by atoms with Gasteiger partial charge in [0.2, 0.25) is 5.91 Å². The molecule has 1 amide bonds. The summed E-state index contributed by atoms with van der Waals surface area (Å²) in [5.41, 5.74) is 5.15. The molecule has 0 saturated heterocycles. The van der Waals surface area contributed by atoms with Gasteiger partial charge in [-0.05, 0) is 14.0 Å². The summed E-state index contributed by atoms with van der Waals surface area (Å²) in [5.74, 6) is -0.396. The van der Waals surface area contributed by atoms with Crippen LogP contribution in [-0.2, 0) is 4.79 Å². The van der Waals surface area contributed by atoms with Crippen LogP contribution in [0.4, 0.5) is 0 Å². The third kappa shape index (κ3) is 1.80. The largest absolute Gasteiger partial charge is 0.368 e. The van der Waals surface area contributed by atoms with Crippen LogP contribution in [0.25, 0.3) is 0 Å². The fourth-order valence-corrected chi connectivity index (χ4v) is 1.79. The van der Waals surface area contributed by atoms with Crippen molar-refractivity contribution in [3.05, 3.63) is 16.1 Å². The smallest absolute Gasteiger partial charge is 0.241 e. The van der Waals surface area contributed by atoms with Crippen molar-refractivity contribution in [3.8, 4) is 0 Å². The lowest BCUT2D eigenvalue weighted by Crippen LogP contribution is -2.30. The first-order valence-electron chi connectivity index (χ1n) is 3.54. The van der Waals surface area contributed by atoms with E-state index in [4.69, 9.17) is 5.73 Å². The molecule has 0 aromatic carbocycles. The number of thiazole rings is 1. The molecule has 1 rings (SSSR count). The van der Waals surface area contributed by atoms with E-state index in [-0.39, 0.29) is 0 Å². The van der Waals surface area contributed by atoms with Gasteiger partial charge in [-0.1, -0.05) is 0 Å². The number of hydrogen-bond donors (Lipinski definition) is 2. The summed E-state index contributed by atoms with van der Waals surface area (Å²) in [6.07, 6.45) is 1.73. The molecule has 0 radical (unpaired) electrons. The lowest BCUT2D eigenvalue weighted by Gasteiger charge is -2.07. The van der Waals surface area contributed by atoms with Gasteiger partial charge in [0.1, 0.15) is 11.0 Å². The van der Waals surface area contributed by atoms with Crippen LogP contribution in [-0.4, -0.2) is 17.9 Å².